The smallest absolute Gasteiger partial charge is 0.408 e. The van der Waals surface area contributed by atoms with Gasteiger partial charge in [0.2, 0.25) is 17.7 Å². The number of benzene rings is 2. The molecule has 0 aliphatic rings. The Hall–Kier alpha value is -3.99. The molecule has 0 fully saturated rings. The van der Waals surface area contributed by atoms with Gasteiger partial charge < -0.3 is 35.5 Å². The molecule has 0 aromatic heterocycles. The van der Waals surface area contributed by atoms with E-state index in [0.717, 1.165) is 11.1 Å². The maximum Gasteiger partial charge on any atom is 0.408 e. The van der Waals surface area contributed by atoms with Crippen LogP contribution in [0.2, 0.25) is 0 Å². The van der Waals surface area contributed by atoms with Crippen molar-refractivity contribution in [3.8, 4) is 0 Å². The van der Waals surface area contributed by atoms with Crippen LogP contribution in [0.4, 0.5) is 4.79 Å². The second-order valence-corrected chi connectivity index (χ2v) is 12.9. The quantitative estimate of drug-likeness (QED) is 0.150. The maximum atomic E-state index is 13.7. The van der Waals surface area contributed by atoms with Gasteiger partial charge in [-0.25, -0.2) is 4.79 Å². The van der Waals surface area contributed by atoms with Crippen LogP contribution in [0, 0.1) is 5.92 Å². The molecule has 4 amide bonds. The first-order chi connectivity index (χ1) is 21.9. The van der Waals surface area contributed by atoms with Gasteiger partial charge in [-0.15, -0.1) is 0 Å². The lowest BCUT2D eigenvalue weighted by Gasteiger charge is -2.25. The lowest BCUT2D eigenvalue weighted by molar-refractivity contribution is -0.130. The molecular formula is C33H47N4O8P. The highest BCUT2D eigenvalue weighted by molar-refractivity contribution is 7.57. The van der Waals surface area contributed by atoms with Gasteiger partial charge in [0, 0.05) is 24.7 Å². The zero-order chi connectivity index (χ0) is 34.0. The van der Waals surface area contributed by atoms with E-state index in [1.807, 2.05) is 74.5 Å². The predicted octanol–water partition coefficient (Wildman–Crippen LogP) is 4.59. The molecule has 0 saturated carbocycles. The van der Waals surface area contributed by atoms with Crippen LogP contribution in [0.3, 0.4) is 0 Å². The fourth-order valence-electron chi connectivity index (χ4n) is 4.43. The average molecular weight is 659 g/mol. The molecule has 13 heteroatoms. The summed E-state index contributed by atoms with van der Waals surface area (Å²) in [4.78, 5) is 51.5. The van der Waals surface area contributed by atoms with Gasteiger partial charge in [0.05, 0.1) is 13.2 Å². The Kier molecular flexibility index (Phi) is 16.8. The van der Waals surface area contributed by atoms with Gasteiger partial charge in [-0.2, -0.15) is 0 Å². The van der Waals surface area contributed by atoms with Gasteiger partial charge >= 0.3 is 13.7 Å². The summed E-state index contributed by atoms with van der Waals surface area (Å²) in [5.74, 6) is -0.431. The van der Waals surface area contributed by atoms with Crippen molar-refractivity contribution >= 4 is 31.4 Å². The van der Waals surface area contributed by atoms with E-state index >= 15 is 0 Å². The van der Waals surface area contributed by atoms with Gasteiger partial charge in [-0.1, -0.05) is 80.6 Å². The van der Waals surface area contributed by atoms with Crippen molar-refractivity contribution < 1.29 is 37.5 Å². The largest absolute Gasteiger partial charge is 0.445 e. The lowest BCUT2D eigenvalue weighted by atomic mass is 10.0. The molecule has 0 radical (unpaired) electrons. The van der Waals surface area contributed by atoms with E-state index in [9.17, 15) is 23.7 Å². The number of primary amides is 1. The van der Waals surface area contributed by atoms with Gasteiger partial charge in [0.25, 0.3) is 0 Å². The Bertz CT molecular complexity index is 1310. The number of nitrogens with one attached hydrogen (secondary N) is 3. The number of nitrogens with two attached hydrogens (primary N) is 1. The van der Waals surface area contributed by atoms with Gasteiger partial charge in [-0.3, -0.25) is 18.9 Å². The molecular weight excluding hydrogens is 611 g/mol. The molecule has 252 valence electrons. The second kappa shape index (κ2) is 20.2. The van der Waals surface area contributed by atoms with Crippen LogP contribution in [-0.2, 0) is 45.8 Å². The van der Waals surface area contributed by atoms with Crippen LogP contribution in [0.1, 0.15) is 58.1 Å². The Morgan fingerprint density at radius 1 is 0.826 bits per heavy atom. The van der Waals surface area contributed by atoms with Crippen LogP contribution in [0.5, 0.6) is 0 Å². The lowest BCUT2D eigenvalue weighted by Crippen LogP contribution is -2.55. The molecule has 0 bridgehead atoms. The van der Waals surface area contributed by atoms with Crippen LogP contribution >= 0.6 is 7.60 Å². The van der Waals surface area contributed by atoms with E-state index < -0.39 is 49.5 Å². The first-order valence-corrected chi connectivity index (χ1v) is 17.0. The number of ether oxygens (including phenoxy) is 1. The molecule has 2 aromatic rings. The third-order valence-electron chi connectivity index (χ3n) is 6.59. The van der Waals surface area contributed by atoms with Crippen molar-refractivity contribution in [2.75, 3.05) is 13.2 Å². The maximum absolute atomic E-state index is 13.7. The summed E-state index contributed by atoms with van der Waals surface area (Å²) in [5.41, 5.74) is 6.93. The highest BCUT2D eigenvalue weighted by Gasteiger charge is 2.29. The van der Waals surface area contributed by atoms with Crippen LogP contribution in [-0.4, -0.2) is 55.2 Å². The molecule has 0 aliphatic carbocycles. The highest BCUT2D eigenvalue weighted by Crippen LogP contribution is 2.49. The number of hydrogen-bond acceptors (Lipinski definition) is 8. The number of amides is 4. The van der Waals surface area contributed by atoms with Crippen LogP contribution in [0.15, 0.2) is 72.6 Å². The first kappa shape index (κ1) is 38.2. The van der Waals surface area contributed by atoms with Crippen molar-refractivity contribution in [1.82, 2.24) is 16.0 Å². The van der Waals surface area contributed by atoms with Crippen molar-refractivity contribution in [2.45, 2.75) is 78.1 Å². The number of carbonyl (C=O) groups excluding carboxylic acids is 4. The minimum atomic E-state index is -3.60. The number of alkyl carbamates (subject to hydrolysis) is 1. The summed E-state index contributed by atoms with van der Waals surface area (Å²) in [6, 6.07) is 15.4. The van der Waals surface area contributed by atoms with Gasteiger partial charge in [0.1, 0.15) is 18.7 Å². The van der Waals surface area contributed by atoms with Crippen molar-refractivity contribution in [3.05, 3.63) is 83.7 Å². The molecule has 0 unspecified atom stereocenters. The molecule has 46 heavy (non-hydrogen) atoms. The molecule has 12 nitrogen and oxygen atoms in total. The highest BCUT2D eigenvalue weighted by atomic mass is 31.2. The number of hydrogen-bond donors (Lipinski definition) is 4. The fourth-order valence-corrected chi connectivity index (χ4v) is 5.82. The zero-order valence-electron chi connectivity index (χ0n) is 27.0. The minimum absolute atomic E-state index is 0.0289. The normalized spacial score (nSPS) is 13.5. The molecule has 5 N–H and O–H groups in total. The monoisotopic (exact) mass is 658 g/mol. The van der Waals surface area contributed by atoms with Gasteiger partial charge in [-0.05, 0) is 43.7 Å². The Morgan fingerprint density at radius 3 is 1.93 bits per heavy atom. The molecule has 0 aliphatic heterocycles. The Labute approximate surface area is 271 Å². The van der Waals surface area contributed by atoms with E-state index in [0.29, 0.717) is 6.42 Å². The predicted molar refractivity (Wildman–Crippen MR) is 175 cm³/mol. The third-order valence-corrected chi connectivity index (χ3v) is 8.37. The Balaban J connectivity index is 2.27. The SMILES string of the molecule is CCOP(=O)(/C=C/[C@H](CCC(N)=O)NC(=O)[C@H](Cc1ccccc1)NC(=O)[C@H](CC(C)C)NC(=O)OCc1ccccc1)OCC. The molecule has 2 rings (SSSR count). The second-order valence-electron chi connectivity index (χ2n) is 11.0. The van der Waals surface area contributed by atoms with Gasteiger partial charge in [0.15, 0.2) is 0 Å². The third kappa shape index (κ3) is 14.9. The minimum Gasteiger partial charge on any atom is -0.445 e. The van der Waals surface area contributed by atoms with Crippen molar-refractivity contribution in [3.63, 3.8) is 0 Å². The topological polar surface area (TPSA) is 175 Å². The summed E-state index contributed by atoms with van der Waals surface area (Å²) >= 11 is 0. The zero-order valence-corrected chi connectivity index (χ0v) is 27.9. The first-order valence-electron chi connectivity index (χ1n) is 15.4. The summed E-state index contributed by atoms with van der Waals surface area (Å²) in [6.45, 7) is 7.46. The number of rotatable bonds is 20. The van der Waals surface area contributed by atoms with E-state index in [1.54, 1.807) is 13.8 Å². The molecule has 0 saturated heterocycles. The van der Waals surface area contributed by atoms with Crippen molar-refractivity contribution in [2.24, 2.45) is 11.7 Å². The summed E-state index contributed by atoms with van der Waals surface area (Å²) in [5, 5.41) is 8.25. The van der Waals surface area contributed by atoms with E-state index in [2.05, 4.69) is 16.0 Å². The Morgan fingerprint density at radius 2 is 1.39 bits per heavy atom. The van der Waals surface area contributed by atoms with Crippen LogP contribution in [0.25, 0.3) is 0 Å². The number of carbonyl (C=O) groups is 4. The standard InChI is InChI=1S/C33H47N4O8P/c1-5-44-46(42,45-6-2)20-19-27(17-18-30(34)38)35-31(39)29(22-25-13-9-7-10-14-25)36-32(40)28(21-24(3)4)37-33(41)43-23-26-15-11-8-12-16-26/h7-16,19-20,24,27-29H,5-6,17-18,21-23H2,1-4H3,(H2,34,38)(H,35,39)(H,36,40)(H,37,41)/b20-19+/t27-,28-,29-/m0/s1. The fraction of sp³-hybridized carbons (Fsp3) is 0.455. The molecule has 0 spiro atoms. The average Bonchev–Trinajstić information content (AvgIpc) is 3.01. The van der Waals surface area contributed by atoms with E-state index in [4.69, 9.17) is 19.5 Å². The van der Waals surface area contributed by atoms with E-state index in [-0.39, 0.29) is 45.0 Å². The van der Waals surface area contributed by atoms with Crippen molar-refractivity contribution in [1.29, 1.82) is 0 Å². The summed E-state index contributed by atoms with van der Waals surface area (Å²) < 4.78 is 28.9. The van der Waals surface area contributed by atoms with Crippen LogP contribution < -0.4 is 21.7 Å². The summed E-state index contributed by atoms with van der Waals surface area (Å²) in [7, 11) is -3.60. The van der Waals surface area contributed by atoms with E-state index in [1.165, 1.54) is 11.9 Å². The molecule has 0 heterocycles. The molecule has 3 atom stereocenters. The summed E-state index contributed by atoms with van der Waals surface area (Å²) in [6.07, 6.45) is 1.14. The molecule has 2 aromatic carbocycles.